The van der Waals surface area contributed by atoms with Crippen LogP contribution in [-0.2, 0) is 6.54 Å². The van der Waals surface area contributed by atoms with E-state index < -0.39 is 0 Å². The molecule has 0 spiro atoms. The normalized spacial score (nSPS) is 37.8. The van der Waals surface area contributed by atoms with E-state index in [1.165, 1.54) is 13.1 Å². The number of hydrogen-bond acceptors (Lipinski definition) is 3. The molecule has 2 aliphatic rings. The van der Waals surface area contributed by atoms with Crippen LogP contribution < -0.4 is 0 Å². The first-order chi connectivity index (χ1) is 6.34. The van der Waals surface area contributed by atoms with Gasteiger partial charge >= 0.3 is 0 Å². The van der Waals surface area contributed by atoms with E-state index in [4.69, 9.17) is 0 Å². The summed E-state index contributed by atoms with van der Waals surface area (Å²) >= 11 is 0. The SMILES string of the molecule is CN1C[C@@H]2[C@H](C1)[C@@H]2Cn1ccnn1. The lowest BCUT2D eigenvalue weighted by Gasteiger charge is -2.12. The van der Waals surface area contributed by atoms with Gasteiger partial charge in [0, 0.05) is 25.8 Å². The smallest absolute Gasteiger partial charge is 0.0692 e. The van der Waals surface area contributed by atoms with E-state index in [9.17, 15) is 0 Å². The van der Waals surface area contributed by atoms with Crippen molar-refractivity contribution in [3.8, 4) is 0 Å². The Balaban J connectivity index is 1.61. The average molecular weight is 178 g/mol. The van der Waals surface area contributed by atoms with Crippen LogP contribution in [0, 0.1) is 17.8 Å². The number of likely N-dealkylation sites (tertiary alicyclic amines) is 1. The fourth-order valence-electron chi connectivity index (χ4n) is 2.68. The Morgan fingerprint density at radius 3 is 2.77 bits per heavy atom. The highest BCUT2D eigenvalue weighted by Crippen LogP contribution is 2.51. The second kappa shape index (κ2) is 2.54. The fraction of sp³-hybridized carbons (Fsp3) is 0.778. The molecule has 70 valence electrons. The quantitative estimate of drug-likeness (QED) is 0.643. The molecule has 13 heavy (non-hydrogen) atoms. The van der Waals surface area contributed by atoms with Gasteiger partial charge in [0.1, 0.15) is 0 Å². The van der Waals surface area contributed by atoms with Gasteiger partial charge in [0.25, 0.3) is 0 Å². The van der Waals surface area contributed by atoms with Crippen molar-refractivity contribution < 1.29 is 0 Å². The second-order valence-corrected chi connectivity index (χ2v) is 4.34. The van der Waals surface area contributed by atoms with Gasteiger partial charge in [-0.25, -0.2) is 0 Å². The Labute approximate surface area is 77.5 Å². The average Bonchev–Trinajstić information content (AvgIpc) is 2.60. The van der Waals surface area contributed by atoms with Crippen LogP contribution in [0.25, 0.3) is 0 Å². The van der Waals surface area contributed by atoms with E-state index in [0.717, 1.165) is 24.3 Å². The molecule has 4 heteroatoms. The van der Waals surface area contributed by atoms with Gasteiger partial charge in [0.05, 0.1) is 6.20 Å². The lowest BCUT2D eigenvalue weighted by Crippen LogP contribution is -2.20. The van der Waals surface area contributed by atoms with E-state index in [2.05, 4.69) is 22.3 Å². The molecule has 0 radical (unpaired) electrons. The summed E-state index contributed by atoms with van der Waals surface area (Å²) in [6.07, 6.45) is 3.71. The topological polar surface area (TPSA) is 34.0 Å². The van der Waals surface area contributed by atoms with E-state index in [1.54, 1.807) is 6.20 Å². The zero-order chi connectivity index (χ0) is 8.84. The molecule has 3 atom stereocenters. The lowest BCUT2D eigenvalue weighted by atomic mass is 10.3. The van der Waals surface area contributed by atoms with Crippen LogP contribution in [0.3, 0.4) is 0 Å². The molecule has 2 fully saturated rings. The summed E-state index contributed by atoms with van der Waals surface area (Å²) in [4.78, 5) is 2.42. The molecule has 2 heterocycles. The van der Waals surface area contributed by atoms with Gasteiger partial charge in [-0.3, -0.25) is 4.68 Å². The van der Waals surface area contributed by atoms with Gasteiger partial charge < -0.3 is 4.90 Å². The third-order valence-electron chi connectivity index (χ3n) is 3.42. The minimum absolute atomic E-state index is 0.873. The van der Waals surface area contributed by atoms with Crippen LogP contribution in [-0.4, -0.2) is 40.0 Å². The summed E-state index contributed by atoms with van der Waals surface area (Å²) in [6, 6.07) is 0. The molecule has 0 N–H and O–H groups in total. The van der Waals surface area contributed by atoms with Crippen molar-refractivity contribution in [3.05, 3.63) is 12.4 Å². The first kappa shape index (κ1) is 7.50. The van der Waals surface area contributed by atoms with Crippen molar-refractivity contribution in [3.63, 3.8) is 0 Å². The van der Waals surface area contributed by atoms with Crippen LogP contribution in [0.2, 0.25) is 0 Å². The van der Waals surface area contributed by atoms with Gasteiger partial charge in [0.15, 0.2) is 0 Å². The molecule has 0 amide bonds. The van der Waals surface area contributed by atoms with Crippen molar-refractivity contribution in [2.75, 3.05) is 20.1 Å². The Kier molecular flexibility index (Phi) is 1.47. The summed E-state index contributed by atoms with van der Waals surface area (Å²) in [7, 11) is 2.21. The summed E-state index contributed by atoms with van der Waals surface area (Å²) < 4.78 is 1.96. The maximum atomic E-state index is 4.00. The maximum Gasteiger partial charge on any atom is 0.0692 e. The van der Waals surface area contributed by atoms with Gasteiger partial charge in [0.2, 0.25) is 0 Å². The predicted molar refractivity (Wildman–Crippen MR) is 48.0 cm³/mol. The van der Waals surface area contributed by atoms with Gasteiger partial charge in [-0.2, -0.15) is 0 Å². The first-order valence-corrected chi connectivity index (χ1v) is 4.87. The fourth-order valence-corrected chi connectivity index (χ4v) is 2.68. The number of piperidine rings is 1. The zero-order valence-electron chi connectivity index (χ0n) is 7.80. The molecule has 1 aliphatic heterocycles. The van der Waals surface area contributed by atoms with E-state index >= 15 is 0 Å². The summed E-state index contributed by atoms with van der Waals surface area (Å²) in [6.45, 7) is 3.64. The third-order valence-corrected chi connectivity index (χ3v) is 3.42. The maximum absolute atomic E-state index is 4.00. The van der Waals surface area contributed by atoms with E-state index in [-0.39, 0.29) is 0 Å². The van der Waals surface area contributed by atoms with Crippen LogP contribution in [0.4, 0.5) is 0 Å². The van der Waals surface area contributed by atoms with Crippen molar-refractivity contribution in [1.29, 1.82) is 0 Å². The molecular weight excluding hydrogens is 164 g/mol. The van der Waals surface area contributed by atoms with Crippen LogP contribution in [0.1, 0.15) is 0 Å². The third kappa shape index (κ3) is 1.16. The Morgan fingerprint density at radius 1 is 1.38 bits per heavy atom. The van der Waals surface area contributed by atoms with Crippen LogP contribution in [0.15, 0.2) is 12.4 Å². The number of aromatic nitrogens is 3. The zero-order valence-corrected chi connectivity index (χ0v) is 7.80. The van der Waals surface area contributed by atoms with Crippen LogP contribution in [0.5, 0.6) is 0 Å². The Hall–Kier alpha value is -0.900. The highest BCUT2D eigenvalue weighted by molar-refractivity contribution is 5.03. The number of rotatable bonds is 2. The summed E-state index contributed by atoms with van der Waals surface area (Å²) in [5, 5.41) is 7.81. The molecule has 1 saturated heterocycles. The van der Waals surface area contributed by atoms with Crippen molar-refractivity contribution >= 4 is 0 Å². The lowest BCUT2D eigenvalue weighted by molar-refractivity contribution is 0.327. The Bertz CT molecular complexity index is 283. The summed E-state index contributed by atoms with van der Waals surface area (Å²) in [5.41, 5.74) is 0. The molecule has 3 rings (SSSR count). The number of hydrogen-bond donors (Lipinski definition) is 0. The number of nitrogens with zero attached hydrogens (tertiary/aromatic N) is 4. The molecular formula is C9H14N4. The summed E-state index contributed by atoms with van der Waals surface area (Å²) in [5.74, 6) is 2.75. The molecule has 0 bridgehead atoms. The van der Waals surface area contributed by atoms with E-state index in [0.29, 0.717) is 0 Å². The molecule has 1 aliphatic carbocycles. The van der Waals surface area contributed by atoms with Crippen molar-refractivity contribution in [2.45, 2.75) is 6.54 Å². The number of fused-ring (bicyclic) bond motifs is 1. The molecule has 1 aromatic rings. The van der Waals surface area contributed by atoms with Crippen molar-refractivity contribution in [1.82, 2.24) is 19.9 Å². The molecule has 0 aromatic carbocycles. The molecule has 4 nitrogen and oxygen atoms in total. The Morgan fingerprint density at radius 2 is 2.15 bits per heavy atom. The monoisotopic (exact) mass is 178 g/mol. The van der Waals surface area contributed by atoms with E-state index in [1.807, 2.05) is 10.9 Å². The van der Waals surface area contributed by atoms with Crippen molar-refractivity contribution in [2.24, 2.45) is 17.8 Å². The van der Waals surface area contributed by atoms with Crippen LogP contribution >= 0.6 is 0 Å². The standard InChI is InChI=1S/C9H14N4/c1-12-4-7-8(5-12)9(7)6-13-3-2-10-11-13/h2-3,7-9H,4-6H2,1H3/t7-,8+,9-. The van der Waals surface area contributed by atoms with Gasteiger partial charge in [-0.05, 0) is 24.8 Å². The van der Waals surface area contributed by atoms with Gasteiger partial charge in [-0.1, -0.05) is 5.21 Å². The molecule has 0 unspecified atom stereocenters. The highest BCUT2D eigenvalue weighted by Gasteiger charge is 2.54. The largest absolute Gasteiger partial charge is 0.306 e. The minimum atomic E-state index is 0.873. The molecule has 1 saturated carbocycles. The van der Waals surface area contributed by atoms with Gasteiger partial charge in [-0.15, -0.1) is 5.10 Å². The predicted octanol–water partition coefficient (Wildman–Crippen LogP) is 0.0857. The molecule has 1 aromatic heterocycles. The highest BCUT2D eigenvalue weighted by atomic mass is 15.4. The first-order valence-electron chi connectivity index (χ1n) is 4.87. The second-order valence-electron chi connectivity index (χ2n) is 4.34. The minimum Gasteiger partial charge on any atom is -0.306 e.